The second-order valence-electron chi connectivity index (χ2n) is 4.87. The summed E-state index contributed by atoms with van der Waals surface area (Å²) in [5.74, 6) is -1.00. The summed E-state index contributed by atoms with van der Waals surface area (Å²) in [6.45, 7) is 1.48. The van der Waals surface area contributed by atoms with Crippen molar-refractivity contribution in [1.29, 1.82) is 0 Å². The molecule has 2 rings (SSSR count). The van der Waals surface area contributed by atoms with E-state index in [2.05, 4.69) is 10.0 Å². The molecular weight excluding hydrogens is 301 g/mol. The van der Waals surface area contributed by atoms with E-state index in [-0.39, 0.29) is 6.04 Å². The minimum atomic E-state index is -4.12. The van der Waals surface area contributed by atoms with Gasteiger partial charge in [-0.3, -0.25) is 10.1 Å². The zero-order valence-electron chi connectivity index (χ0n) is 11.2. The molecule has 0 saturated carbocycles. The van der Waals surface area contributed by atoms with E-state index in [1.165, 1.54) is 0 Å². The third-order valence-electron chi connectivity index (χ3n) is 3.31. The van der Waals surface area contributed by atoms with E-state index in [1.54, 1.807) is 0 Å². The number of rotatable bonds is 4. The third-order valence-corrected chi connectivity index (χ3v) is 4.85. The Kier molecular flexibility index (Phi) is 4.86. The van der Waals surface area contributed by atoms with E-state index in [1.807, 2.05) is 0 Å². The fourth-order valence-corrected chi connectivity index (χ4v) is 3.63. The molecule has 0 bridgehead atoms. The van der Waals surface area contributed by atoms with Crippen LogP contribution in [0.15, 0.2) is 23.1 Å². The van der Waals surface area contributed by atoms with Gasteiger partial charge >= 0.3 is 0 Å². The van der Waals surface area contributed by atoms with Crippen molar-refractivity contribution in [1.82, 2.24) is 10.0 Å². The Labute approximate surface area is 121 Å². The summed E-state index contributed by atoms with van der Waals surface area (Å²) in [5.41, 5.74) is -0.459. The number of nitro benzene ring substituents is 1. The number of nitrogens with zero attached hydrogens (tertiary/aromatic N) is 1. The monoisotopic (exact) mass is 317 g/mol. The maximum atomic E-state index is 13.7. The number of hydrogen-bond acceptors (Lipinski definition) is 5. The molecule has 0 aliphatic carbocycles. The largest absolute Gasteiger partial charge is 0.317 e. The Morgan fingerprint density at radius 1 is 1.33 bits per heavy atom. The lowest BCUT2D eigenvalue weighted by atomic mass is 10.1. The van der Waals surface area contributed by atoms with Crippen LogP contribution in [-0.2, 0) is 10.0 Å². The van der Waals surface area contributed by atoms with Gasteiger partial charge in [-0.05, 0) is 38.4 Å². The van der Waals surface area contributed by atoms with E-state index >= 15 is 0 Å². The van der Waals surface area contributed by atoms with E-state index in [9.17, 15) is 22.9 Å². The van der Waals surface area contributed by atoms with Crippen molar-refractivity contribution in [3.05, 3.63) is 34.1 Å². The number of sulfonamides is 1. The topological polar surface area (TPSA) is 101 Å². The third kappa shape index (κ3) is 3.96. The summed E-state index contributed by atoms with van der Waals surface area (Å²) in [7, 11) is -4.12. The van der Waals surface area contributed by atoms with Crippen molar-refractivity contribution < 1.29 is 17.7 Å². The number of non-ortho nitro benzene ring substituents is 1. The van der Waals surface area contributed by atoms with Crippen LogP contribution in [0, 0.1) is 15.9 Å². The average molecular weight is 317 g/mol. The van der Waals surface area contributed by atoms with Crippen molar-refractivity contribution in [2.75, 3.05) is 13.1 Å². The lowest BCUT2D eigenvalue weighted by Crippen LogP contribution is -2.35. The fourth-order valence-electron chi connectivity index (χ4n) is 2.23. The predicted octanol–water partition coefficient (Wildman–Crippen LogP) is 1.15. The highest BCUT2D eigenvalue weighted by molar-refractivity contribution is 7.89. The lowest BCUT2D eigenvalue weighted by Gasteiger charge is -2.16. The van der Waals surface area contributed by atoms with Gasteiger partial charge in [0.25, 0.3) is 5.69 Å². The molecule has 1 fully saturated rings. The predicted molar refractivity (Wildman–Crippen MR) is 73.9 cm³/mol. The van der Waals surface area contributed by atoms with Crippen LogP contribution in [0.4, 0.5) is 10.1 Å². The Bertz CT molecular complexity index is 627. The van der Waals surface area contributed by atoms with Gasteiger partial charge in [-0.2, -0.15) is 0 Å². The molecule has 9 heteroatoms. The van der Waals surface area contributed by atoms with Crippen LogP contribution in [0.25, 0.3) is 0 Å². The van der Waals surface area contributed by atoms with Crippen LogP contribution in [-0.4, -0.2) is 32.5 Å². The quantitative estimate of drug-likeness (QED) is 0.641. The number of nitro groups is 1. The molecule has 1 unspecified atom stereocenters. The molecule has 21 heavy (non-hydrogen) atoms. The summed E-state index contributed by atoms with van der Waals surface area (Å²) in [6, 6.07) is 2.17. The normalized spacial score (nSPS) is 20.0. The molecule has 1 heterocycles. The van der Waals surface area contributed by atoms with Crippen molar-refractivity contribution in [2.45, 2.75) is 30.2 Å². The summed E-state index contributed by atoms with van der Waals surface area (Å²) >= 11 is 0. The molecule has 1 saturated heterocycles. The van der Waals surface area contributed by atoms with Crippen LogP contribution in [0.5, 0.6) is 0 Å². The number of halogens is 1. The summed E-state index contributed by atoms with van der Waals surface area (Å²) < 4.78 is 40.6. The molecule has 0 amide bonds. The zero-order valence-corrected chi connectivity index (χ0v) is 12.0. The van der Waals surface area contributed by atoms with Crippen LogP contribution < -0.4 is 10.0 Å². The van der Waals surface area contributed by atoms with E-state index in [0.717, 1.165) is 31.2 Å². The zero-order chi connectivity index (χ0) is 15.5. The Morgan fingerprint density at radius 2 is 2.10 bits per heavy atom. The molecule has 1 aliphatic rings. The van der Waals surface area contributed by atoms with Gasteiger partial charge in [0.2, 0.25) is 10.0 Å². The highest BCUT2D eigenvalue weighted by Gasteiger charge is 2.26. The van der Waals surface area contributed by atoms with Crippen LogP contribution in [0.2, 0.25) is 0 Å². The van der Waals surface area contributed by atoms with E-state index in [4.69, 9.17) is 0 Å². The highest BCUT2D eigenvalue weighted by atomic mass is 32.2. The van der Waals surface area contributed by atoms with Gasteiger partial charge in [0, 0.05) is 18.2 Å². The van der Waals surface area contributed by atoms with Crippen molar-refractivity contribution in [3.8, 4) is 0 Å². The van der Waals surface area contributed by atoms with Gasteiger partial charge in [0.05, 0.1) is 4.92 Å². The Morgan fingerprint density at radius 3 is 2.81 bits per heavy atom. The molecule has 0 aromatic heterocycles. The second kappa shape index (κ2) is 6.46. The first-order valence-electron chi connectivity index (χ1n) is 6.57. The van der Waals surface area contributed by atoms with Crippen LogP contribution >= 0.6 is 0 Å². The molecule has 1 aliphatic heterocycles. The molecule has 1 aromatic rings. The molecular formula is C12H16FN3O4S. The Hall–Kier alpha value is -1.58. The van der Waals surface area contributed by atoms with E-state index in [0.29, 0.717) is 19.4 Å². The maximum Gasteiger partial charge on any atom is 0.270 e. The van der Waals surface area contributed by atoms with Gasteiger partial charge in [-0.25, -0.2) is 17.5 Å². The number of hydrogen-bond donors (Lipinski definition) is 2. The molecule has 0 spiro atoms. The second-order valence-corrected chi connectivity index (χ2v) is 6.55. The number of benzene rings is 1. The molecule has 2 N–H and O–H groups in total. The minimum absolute atomic E-state index is 0.302. The molecule has 1 aromatic carbocycles. The van der Waals surface area contributed by atoms with Crippen molar-refractivity contribution in [2.24, 2.45) is 0 Å². The fraction of sp³-hybridized carbons (Fsp3) is 0.500. The summed E-state index contributed by atoms with van der Waals surface area (Å²) in [6.07, 6.45) is 2.04. The van der Waals surface area contributed by atoms with Gasteiger partial charge in [0.1, 0.15) is 10.7 Å². The summed E-state index contributed by atoms with van der Waals surface area (Å²) in [4.78, 5) is 9.24. The molecule has 1 atom stereocenters. The van der Waals surface area contributed by atoms with E-state index < -0.39 is 31.3 Å². The smallest absolute Gasteiger partial charge is 0.270 e. The first-order chi connectivity index (χ1) is 9.90. The maximum absolute atomic E-state index is 13.7. The first kappa shape index (κ1) is 15.8. The van der Waals surface area contributed by atoms with Crippen molar-refractivity contribution >= 4 is 15.7 Å². The molecule has 0 radical (unpaired) electrons. The SMILES string of the molecule is O=[N+]([O-])c1ccc(F)c(S(=O)(=O)NC2CCCNCC2)c1. The minimum Gasteiger partial charge on any atom is -0.317 e. The van der Waals surface area contributed by atoms with Crippen molar-refractivity contribution in [3.63, 3.8) is 0 Å². The van der Waals surface area contributed by atoms with Crippen LogP contribution in [0.3, 0.4) is 0 Å². The Balaban J connectivity index is 2.26. The van der Waals surface area contributed by atoms with Gasteiger partial charge < -0.3 is 5.32 Å². The first-order valence-corrected chi connectivity index (χ1v) is 8.05. The van der Waals surface area contributed by atoms with Crippen LogP contribution in [0.1, 0.15) is 19.3 Å². The number of nitrogens with one attached hydrogen (secondary N) is 2. The van der Waals surface area contributed by atoms with Gasteiger partial charge in [-0.1, -0.05) is 0 Å². The van der Waals surface area contributed by atoms with Gasteiger partial charge in [-0.15, -0.1) is 0 Å². The summed E-state index contributed by atoms with van der Waals surface area (Å²) in [5, 5.41) is 13.8. The van der Waals surface area contributed by atoms with Gasteiger partial charge in [0.15, 0.2) is 0 Å². The highest BCUT2D eigenvalue weighted by Crippen LogP contribution is 2.22. The molecule has 116 valence electrons. The molecule has 7 nitrogen and oxygen atoms in total. The standard InChI is InChI=1S/C12H16FN3O4S/c13-11-4-3-10(16(17)18)8-12(11)21(19,20)15-9-2-1-6-14-7-5-9/h3-4,8-9,14-15H,1-2,5-7H2. The lowest BCUT2D eigenvalue weighted by molar-refractivity contribution is -0.385. The average Bonchev–Trinajstić information content (AvgIpc) is 2.66.